The highest BCUT2D eigenvalue weighted by molar-refractivity contribution is 6.07. The van der Waals surface area contributed by atoms with Crippen molar-refractivity contribution in [2.24, 2.45) is 7.05 Å². The molecule has 6 nitrogen and oxygen atoms in total. The van der Waals surface area contributed by atoms with Gasteiger partial charge in [-0.3, -0.25) is 14.5 Å². The van der Waals surface area contributed by atoms with Crippen LogP contribution in [0.25, 0.3) is 11.1 Å². The maximum atomic E-state index is 13.0. The number of aromatic nitrogens is 3. The first-order valence-corrected chi connectivity index (χ1v) is 9.21. The van der Waals surface area contributed by atoms with Crippen LogP contribution in [0.1, 0.15) is 15.9 Å². The zero-order valence-electron chi connectivity index (χ0n) is 15.9. The topological polar surface area (TPSA) is 69.0 Å². The molecule has 144 valence electrons. The summed E-state index contributed by atoms with van der Waals surface area (Å²) in [6.07, 6.45) is 6.92. The van der Waals surface area contributed by atoms with Crippen molar-refractivity contribution in [3.05, 3.63) is 96.6 Å². The molecule has 6 heteroatoms. The second-order valence-electron chi connectivity index (χ2n) is 6.56. The van der Waals surface area contributed by atoms with Crippen molar-refractivity contribution in [1.82, 2.24) is 14.8 Å². The number of pyridine rings is 1. The molecular weight excluding hydrogens is 364 g/mol. The van der Waals surface area contributed by atoms with E-state index >= 15 is 0 Å². The van der Waals surface area contributed by atoms with E-state index in [9.17, 15) is 4.79 Å². The predicted octanol–water partition coefficient (Wildman–Crippen LogP) is 4.31. The number of carbonyl (C=O) groups excluding carboxylic acids is 1. The highest BCUT2D eigenvalue weighted by atomic mass is 16.5. The van der Waals surface area contributed by atoms with Crippen LogP contribution in [0.2, 0.25) is 0 Å². The van der Waals surface area contributed by atoms with E-state index in [-0.39, 0.29) is 5.91 Å². The molecule has 4 aromatic rings. The number of hydrogen-bond acceptors (Lipinski definition) is 4. The Morgan fingerprint density at radius 2 is 1.90 bits per heavy atom. The number of nitrogens with one attached hydrogen (secondary N) is 1. The average Bonchev–Trinajstić information content (AvgIpc) is 3.19. The number of hydrogen-bond donors (Lipinski definition) is 1. The van der Waals surface area contributed by atoms with Crippen LogP contribution in [0, 0.1) is 0 Å². The molecule has 0 aliphatic heterocycles. The summed E-state index contributed by atoms with van der Waals surface area (Å²) in [6.45, 7) is 0.352. The number of aryl methyl sites for hydroxylation is 1. The first kappa shape index (κ1) is 18.4. The van der Waals surface area contributed by atoms with Crippen LogP contribution >= 0.6 is 0 Å². The van der Waals surface area contributed by atoms with E-state index in [1.165, 1.54) is 0 Å². The van der Waals surface area contributed by atoms with Crippen molar-refractivity contribution >= 4 is 11.6 Å². The summed E-state index contributed by atoms with van der Waals surface area (Å²) in [5, 5.41) is 7.13. The molecule has 0 aliphatic carbocycles. The molecule has 0 unspecified atom stereocenters. The summed E-state index contributed by atoms with van der Waals surface area (Å²) in [5.74, 6) is 0.262. The molecular formula is C23H20N4O2. The summed E-state index contributed by atoms with van der Waals surface area (Å²) in [4.78, 5) is 17.0. The Labute approximate surface area is 168 Å². The highest BCUT2D eigenvalue weighted by Gasteiger charge is 2.19. The SMILES string of the molecule is Cn1cc(-c2cccc(C(=O)Nc3cccnc3)c2OCc2ccccc2)cn1. The van der Waals surface area contributed by atoms with Gasteiger partial charge < -0.3 is 10.1 Å². The molecule has 0 fully saturated rings. The monoisotopic (exact) mass is 384 g/mol. The lowest BCUT2D eigenvalue weighted by Crippen LogP contribution is -2.14. The van der Waals surface area contributed by atoms with Crippen molar-refractivity contribution in [2.45, 2.75) is 6.61 Å². The molecule has 0 atom stereocenters. The van der Waals surface area contributed by atoms with Crippen molar-refractivity contribution in [3.8, 4) is 16.9 Å². The number of benzene rings is 2. The first-order chi connectivity index (χ1) is 14.2. The van der Waals surface area contributed by atoms with E-state index in [4.69, 9.17) is 4.74 Å². The Morgan fingerprint density at radius 1 is 1.03 bits per heavy atom. The Morgan fingerprint density at radius 3 is 2.62 bits per heavy atom. The fraction of sp³-hybridized carbons (Fsp3) is 0.0870. The Balaban J connectivity index is 1.70. The number of nitrogens with zero attached hydrogens (tertiary/aromatic N) is 3. The van der Waals surface area contributed by atoms with Crippen molar-refractivity contribution in [3.63, 3.8) is 0 Å². The fourth-order valence-corrected chi connectivity index (χ4v) is 3.02. The van der Waals surface area contributed by atoms with Gasteiger partial charge in [0.1, 0.15) is 12.4 Å². The van der Waals surface area contributed by atoms with Crippen LogP contribution < -0.4 is 10.1 Å². The normalized spacial score (nSPS) is 10.5. The lowest BCUT2D eigenvalue weighted by atomic mass is 10.0. The van der Waals surface area contributed by atoms with E-state index in [0.29, 0.717) is 23.6 Å². The summed E-state index contributed by atoms with van der Waals surface area (Å²) in [5.41, 5.74) is 3.79. The van der Waals surface area contributed by atoms with Crippen molar-refractivity contribution < 1.29 is 9.53 Å². The van der Waals surface area contributed by atoms with E-state index < -0.39 is 0 Å². The second kappa shape index (κ2) is 8.39. The molecule has 1 N–H and O–H groups in total. The third kappa shape index (κ3) is 4.32. The smallest absolute Gasteiger partial charge is 0.259 e. The molecule has 1 amide bonds. The van der Waals surface area contributed by atoms with Gasteiger partial charge in [-0.2, -0.15) is 5.10 Å². The molecule has 0 saturated heterocycles. The maximum Gasteiger partial charge on any atom is 0.259 e. The van der Waals surface area contributed by atoms with Crippen molar-refractivity contribution in [1.29, 1.82) is 0 Å². The predicted molar refractivity (Wildman–Crippen MR) is 112 cm³/mol. The average molecular weight is 384 g/mol. The van der Waals surface area contributed by atoms with E-state index in [1.54, 1.807) is 41.5 Å². The van der Waals surface area contributed by atoms with E-state index in [1.807, 2.05) is 55.7 Å². The molecule has 0 radical (unpaired) electrons. The molecule has 0 saturated carbocycles. The fourth-order valence-electron chi connectivity index (χ4n) is 3.02. The third-order valence-corrected chi connectivity index (χ3v) is 4.42. The van der Waals surface area contributed by atoms with Gasteiger partial charge >= 0.3 is 0 Å². The molecule has 0 spiro atoms. The number of carbonyl (C=O) groups is 1. The number of amides is 1. The van der Waals surface area contributed by atoms with Crippen LogP contribution in [0.3, 0.4) is 0 Å². The van der Waals surface area contributed by atoms with Crippen LogP contribution in [0.5, 0.6) is 5.75 Å². The number of anilines is 1. The summed E-state index contributed by atoms with van der Waals surface area (Å²) < 4.78 is 7.88. The van der Waals surface area contributed by atoms with Gasteiger partial charge in [0, 0.05) is 30.6 Å². The minimum absolute atomic E-state index is 0.258. The van der Waals surface area contributed by atoms with Gasteiger partial charge in [-0.25, -0.2) is 0 Å². The van der Waals surface area contributed by atoms with Crippen LogP contribution in [0.15, 0.2) is 85.5 Å². The molecule has 0 bridgehead atoms. The van der Waals surface area contributed by atoms with Gasteiger partial charge in [-0.05, 0) is 23.8 Å². The minimum Gasteiger partial charge on any atom is -0.487 e. The van der Waals surface area contributed by atoms with Crippen molar-refractivity contribution in [2.75, 3.05) is 5.32 Å². The lowest BCUT2D eigenvalue weighted by molar-refractivity contribution is 0.102. The molecule has 0 aliphatic rings. The molecule has 2 heterocycles. The maximum absolute atomic E-state index is 13.0. The summed E-state index contributed by atoms with van der Waals surface area (Å²) >= 11 is 0. The van der Waals surface area contributed by atoms with Crippen LogP contribution in [0.4, 0.5) is 5.69 Å². The molecule has 2 aromatic carbocycles. The number of ether oxygens (including phenoxy) is 1. The quantitative estimate of drug-likeness (QED) is 0.538. The van der Waals surface area contributed by atoms with Crippen LogP contribution in [-0.2, 0) is 13.7 Å². The Bertz CT molecular complexity index is 1110. The summed E-state index contributed by atoms with van der Waals surface area (Å²) in [7, 11) is 1.85. The molecule has 2 aromatic heterocycles. The van der Waals surface area contributed by atoms with Gasteiger partial charge in [-0.15, -0.1) is 0 Å². The Kier molecular flexibility index (Phi) is 5.33. The standard InChI is InChI=1S/C23H20N4O2/c1-27-15-18(13-25-27)20-10-5-11-21(23(28)26-19-9-6-12-24-14-19)22(20)29-16-17-7-3-2-4-8-17/h2-15H,16H2,1H3,(H,26,28). The zero-order valence-corrected chi connectivity index (χ0v) is 15.9. The van der Waals surface area contributed by atoms with Gasteiger partial charge in [0.2, 0.25) is 0 Å². The van der Waals surface area contributed by atoms with Crippen LogP contribution in [-0.4, -0.2) is 20.7 Å². The second-order valence-corrected chi connectivity index (χ2v) is 6.56. The van der Waals surface area contributed by atoms with Gasteiger partial charge in [0.15, 0.2) is 0 Å². The lowest BCUT2D eigenvalue weighted by Gasteiger charge is -2.15. The van der Waals surface area contributed by atoms with E-state index in [0.717, 1.165) is 16.7 Å². The minimum atomic E-state index is -0.258. The summed E-state index contributed by atoms with van der Waals surface area (Å²) in [6, 6.07) is 18.9. The van der Waals surface area contributed by atoms with E-state index in [2.05, 4.69) is 15.4 Å². The van der Waals surface area contributed by atoms with Gasteiger partial charge in [0.05, 0.1) is 23.6 Å². The largest absolute Gasteiger partial charge is 0.487 e. The first-order valence-electron chi connectivity index (χ1n) is 9.21. The van der Waals surface area contributed by atoms with Gasteiger partial charge in [0.25, 0.3) is 5.91 Å². The zero-order chi connectivity index (χ0) is 20.1. The van der Waals surface area contributed by atoms with Gasteiger partial charge in [-0.1, -0.05) is 42.5 Å². The third-order valence-electron chi connectivity index (χ3n) is 4.42. The highest BCUT2D eigenvalue weighted by Crippen LogP contribution is 2.34. The molecule has 29 heavy (non-hydrogen) atoms. The molecule has 4 rings (SSSR count). The Hall–Kier alpha value is -3.93. The number of para-hydroxylation sites is 1. The number of rotatable bonds is 6.